The molecule has 1 aromatic rings. The van der Waals surface area contributed by atoms with Crippen molar-refractivity contribution in [3.05, 3.63) is 29.8 Å². The van der Waals surface area contributed by atoms with Crippen molar-refractivity contribution in [2.75, 3.05) is 26.2 Å². The summed E-state index contributed by atoms with van der Waals surface area (Å²) in [4.78, 5) is 13.1. The topological polar surface area (TPSA) is 57.7 Å². The molecule has 0 radical (unpaired) electrons. The van der Waals surface area contributed by atoms with Gasteiger partial charge in [-0.25, -0.2) is 17.2 Å². The number of hydrogen-bond acceptors (Lipinski definition) is 3. The van der Waals surface area contributed by atoms with Gasteiger partial charge in [-0.1, -0.05) is 13.8 Å². The lowest BCUT2D eigenvalue weighted by molar-refractivity contribution is -0.135. The molecule has 1 aromatic carbocycles. The number of benzene rings is 1. The molecule has 22 heavy (non-hydrogen) atoms. The van der Waals surface area contributed by atoms with Crippen LogP contribution in [0.4, 0.5) is 8.78 Å². The standard InChI is InChI=1S/C14H18F2N2O3S/c1-10(2)14(19)17-3-5-18(6-4-17)22(20,21)13-8-11(15)7-12(16)9-13/h7-10H,3-6H2,1-2H3. The molecule has 0 aromatic heterocycles. The third-order valence-corrected chi connectivity index (χ3v) is 5.39. The van der Waals surface area contributed by atoms with Crippen LogP contribution in [0.1, 0.15) is 13.8 Å². The molecule has 0 atom stereocenters. The van der Waals surface area contributed by atoms with Crippen LogP contribution in [0.2, 0.25) is 0 Å². The highest BCUT2D eigenvalue weighted by molar-refractivity contribution is 7.89. The summed E-state index contributed by atoms with van der Waals surface area (Å²) in [5, 5.41) is 0. The summed E-state index contributed by atoms with van der Waals surface area (Å²) in [6, 6.07) is 2.21. The molecule has 1 heterocycles. The van der Waals surface area contributed by atoms with Gasteiger partial charge in [-0.3, -0.25) is 4.79 Å². The van der Waals surface area contributed by atoms with E-state index < -0.39 is 26.6 Å². The Kier molecular flexibility index (Phi) is 4.81. The lowest BCUT2D eigenvalue weighted by Gasteiger charge is -2.34. The van der Waals surface area contributed by atoms with E-state index >= 15 is 0 Å². The second-order valence-electron chi connectivity index (χ2n) is 5.49. The molecule has 1 amide bonds. The Morgan fingerprint density at radius 3 is 2.00 bits per heavy atom. The molecule has 0 spiro atoms. The second-order valence-corrected chi connectivity index (χ2v) is 7.43. The summed E-state index contributed by atoms with van der Waals surface area (Å²) in [7, 11) is -3.96. The predicted octanol–water partition coefficient (Wildman–Crippen LogP) is 1.45. The first-order valence-corrected chi connectivity index (χ1v) is 8.41. The maximum atomic E-state index is 13.2. The summed E-state index contributed by atoms with van der Waals surface area (Å²) in [6.45, 7) is 4.32. The van der Waals surface area contributed by atoms with Crippen molar-refractivity contribution < 1.29 is 22.0 Å². The molecule has 8 heteroatoms. The zero-order valence-electron chi connectivity index (χ0n) is 12.4. The molecular formula is C14H18F2N2O3S. The van der Waals surface area contributed by atoms with Crippen molar-refractivity contribution in [1.29, 1.82) is 0 Å². The van der Waals surface area contributed by atoms with E-state index in [9.17, 15) is 22.0 Å². The SMILES string of the molecule is CC(C)C(=O)N1CCN(S(=O)(=O)c2cc(F)cc(F)c2)CC1. The van der Waals surface area contributed by atoms with Gasteiger partial charge >= 0.3 is 0 Å². The molecule has 0 N–H and O–H groups in total. The van der Waals surface area contributed by atoms with Gasteiger partial charge in [-0.15, -0.1) is 0 Å². The molecule has 2 rings (SSSR count). The van der Waals surface area contributed by atoms with E-state index in [0.717, 1.165) is 16.4 Å². The van der Waals surface area contributed by atoms with Crippen molar-refractivity contribution in [3.63, 3.8) is 0 Å². The first-order chi connectivity index (χ1) is 10.2. The van der Waals surface area contributed by atoms with Gasteiger partial charge in [0.2, 0.25) is 15.9 Å². The number of rotatable bonds is 3. The minimum absolute atomic E-state index is 0.0335. The first-order valence-electron chi connectivity index (χ1n) is 6.97. The summed E-state index contributed by atoms with van der Waals surface area (Å²) < 4.78 is 52.3. The van der Waals surface area contributed by atoms with E-state index in [1.807, 2.05) is 0 Å². The van der Waals surface area contributed by atoms with E-state index in [1.165, 1.54) is 0 Å². The Labute approximate surface area is 128 Å². The smallest absolute Gasteiger partial charge is 0.243 e. The normalized spacial score (nSPS) is 17.0. The second kappa shape index (κ2) is 6.29. The molecule has 1 aliphatic rings. The molecule has 0 saturated carbocycles. The predicted molar refractivity (Wildman–Crippen MR) is 76.5 cm³/mol. The average Bonchev–Trinajstić information content (AvgIpc) is 2.45. The van der Waals surface area contributed by atoms with E-state index in [4.69, 9.17) is 0 Å². The quantitative estimate of drug-likeness (QED) is 0.842. The van der Waals surface area contributed by atoms with Crippen molar-refractivity contribution in [1.82, 2.24) is 9.21 Å². The van der Waals surface area contributed by atoms with Crippen LogP contribution in [-0.4, -0.2) is 49.7 Å². The molecule has 0 aliphatic carbocycles. The van der Waals surface area contributed by atoms with Crippen LogP contribution in [0.25, 0.3) is 0 Å². The van der Waals surface area contributed by atoms with Gasteiger partial charge in [0.05, 0.1) is 4.90 Å². The molecule has 1 aliphatic heterocycles. The molecule has 122 valence electrons. The minimum atomic E-state index is -3.96. The third kappa shape index (κ3) is 3.44. The van der Waals surface area contributed by atoms with Gasteiger partial charge in [0, 0.05) is 38.2 Å². The number of amides is 1. The van der Waals surface area contributed by atoms with Gasteiger partial charge in [0.25, 0.3) is 0 Å². The molecule has 0 bridgehead atoms. The Morgan fingerprint density at radius 2 is 1.55 bits per heavy atom. The van der Waals surface area contributed by atoms with Gasteiger partial charge < -0.3 is 4.90 Å². The van der Waals surface area contributed by atoms with E-state index in [2.05, 4.69) is 0 Å². The molecular weight excluding hydrogens is 314 g/mol. The Bertz CT molecular complexity index is 648. The number of piperazine rings is 1. The van der Waals surface area contributed by atoms with E-state index in [0.29, 0.717) is 6.07 Å². The highest BCUT2D eigenvalue weighted by Crippen LogP contribution is 2.20. The van der Waals surface area contributed by atoms with Crippen molar-refractivity contribution in [3.8, 4) is 0 Å². The van der Waals surface area contributed by atoms with Gasteiger partial charge in [0.15, 0.2) is 0 Å². The lowest BCUT2D eigenvalue weighted by Crippen LogP contribution is -2.51. The summed E-state index contributed by atoms with van der Waals surface area (Å²) in [6.07, 6.45) is 0. The minimum Gasteiger partial charge on any atom is -0.340 e. The van der Waals surface area contributed by atoms with Crippen molar-refractivity contribution >= 4 is 15.9 Å². The maximum absolute atomic E-state index is 13.2. The zero-order valence-corrected chi connectivity index (χ0v) is 13.2. The Hall–Kier alpha value is -1.54. The summed E-state index contributed by atoms with van der Waals surface area (Å²) >= 11 is 0. The Morgan fingerprint density at radius 1 is 1.05 bits per heavy atom. The third-order valence-electron chi connectivity index (χ3n) is 3.52. The van der Waals surface area contributed by atoms with Crippen LogP contribution in [0.3, 0.4) is 0 Å². The van der Waals surface area contributed by atoms with Gasteiger partial charge in [-0.2, -0.15) is 4.31 Å². The van der Waals surface area contributed by atoms with E-state index in [-0.39, 0.29) is 38.0 Å². The largest absolute Gasteiger partial charge is 0.340 e. The van der Waals surface area contributed by atoms with Crippen LogP contribution in [0, 0.1) is 17.6 Å². The molecule has 5 nitrogen and oxygen atoms in total. The van der Waals surface area contributed by atoms with Crippen LogP contribution in [-0.2, 0) is 14.8 Å². The van der Waals surface area contributed by atoms with Crippen molar-refractivity contribution in [2.45, 2.75) is 18.7 Å². The number of halogens is 2. The fourth-order valence-corrected chi connectivity index (χ4v) is 3.81. The average molecular weight is 332 g/mol. The molecule has 1 saturated heterocycles. The fourth-order valence-electron chi connectivity index (χ4n) is 2.34. The zero-order chi connectivity index (χ0) is 16.5. The van der Waals surface area contributed by atoms with Crippen LogP contribution in [0.5, 0.6) is 0 Å². The number of carbonyl (C=O) groups is 1. The lowest BCUT2D eigenvalue weighted by atomic mass is 10.2. The highest BCUT2D eigenvalue weighted by atomic mass is 32.2. The van der Waals surface area contributed by atoms with Gasteiger partial charge in [0.1, 0.15) is 11.6 Å². The first kappa shape index (κ1) is 16.8. The van der Waals surface area contributed by atoms with Crippen LogP contribution >= 0.6 is 0 Å². The summed E-state index contributed by atoms with van der Waals surface area (Å²) in [5.74, 6) is -2.06. The number of nitrogens with zero attached hydrogens (tertiary/aromatic N) is 2. The highest BCUT2D eigenvalue weighted by Gasteiger charge is 2.31. The van der Waals surface area contributed by atoms with Crippen LogP contribution in [0.15, 0.2) is 23.1 Å². The molecule has 1 fully saturated rings. The number of carbonyl (C=O) groups excluding carboxylic acids is 1. The van der Waals surface area contributed by atoms with E-state index in [1.54, 1.807) is 18.7 Å². The van der Waals surface area contributed by atoms with Crippen LogP contribution < -0.4 is 0 Å². The molecule has 0 unspecified atom stereocenters. The monoisotopic (exact) mass is 332 g/mol. The maximum Gasteiger partial charge on any atom is 0.243 e. The Balaban J connectivity index is 2.14. The number of sulfonamides is 1. The fraction of sp³-hybridized carbons (Fsp3) is 0.500. The number of hydrogen-bond donors (Lipinski definition) is 0. The summed E-state index contributed by atoms with van der Waals surface area (Å²) in [5.41, 5.74) is 0. The van der Waals surface area contributed by atoms with Gasteiger partial charge in [-0.05, 0) is 12.1 Å². The van der Waals surface area contributed by atoms with Crippen molar-refractivity contribution in [2.24, 2.45) is 5.92 Å².